The minimum atomic E-state index is -0.0736. The van der Waals surface area contributed by atoms with Crippen LogP contribution in [0, 0.1) is 0 Å². The zero-order chi connectivity index (χ0) is 18.5. The van der Waals surface area contributed by atoms with Crippen LogP contribution < -0.4 is 5.32 Å². The molecule has 1 amide bonds. The molecular formula is C23H21NOS2. The van der Waals surface area contributed by atoms with Crippen LogP contribution in [-0.2, 0) is 0 Å². The highest BCUT2D eigenvalue weighted by molar-refractivity contribution is 8.16. The van der Waals surface area contributed by atoms with E-state index in [9.17, 15) is 4.79 Å². The number of amides is 1. The van der Waals surface area contributed by atoms with Crippen molar-refractivity contribution in [1.29, 1.82) is 0 Å². The van der Waals surface area contributed by atoms with Gasteiger partial charge in [0.25, 0.3) is 5.91 Å². The third kappa shape index (κ3) is 4.40. The normalized spacial score (nSPS) is 14.7. The van der Waals surface area contributed by atoms with Crippen LogP contribution >= 0.6 is 23.5 Å². The van der Waals surface area contributed by atoms with Gasteiger partial charge in [0, 0.05) is 11.3 Å². The minimum absolute atomic E-state index is 0.0736. The highest BCUT2D eigenvalue weighted by Crippen LogP contribution is 2.44. The molecule has 0 unspecified atom stereocenters. The van der Waals surface area contributed by atoms with Crippen LogP contribution in [0.15, 0.2) is 78.9 Å². The topological polar surface area (TPSA) is 29.1 Å². The average Bonchev–Trinajstić information content (AvgIpc) is 2.75. The van der Waals surface area contributed by atoms with Gasteiger partial charge in [-0.05, 0) is 52.8 Å². The van der Waals surface area contributed by atoms with E-state index in [1.807, 2.05) is 90.3 Å². The molecule has 1 saturated heterocycles. The molecule has 0 atom stereocenters. The van der Waals surface area contributed by atoms with Crippen molar-refractivity contribution in [3.05, 3.63) is 90.0 Å². The van der Waals surface area contributed by atoms with E-state index in [0.29, 0.717) is 10.1 Å². The standard InChI is InChI=1S/C23H21NOS2/c25-22(21-13-5-4-12-20(21)17-8-2-1-3-9-17)24-19-11-6-10-18(16-19)23-26-14-7-15-27-23/h1-6,8-13,16,23H,7,14-15H2,(H,24,25). The number of hydrogen-bond acceptors (Lipinski definition) is 3. The molecule has 1 fully saturated rings. The lowest BCUT2D eigenvalue weighted by atomic mass is 9.99. The predicted molar refractivity (Wildman–Crippen MR) is 119 cm³/mol. The average molecular weight is 392 g/mol. The van der Waals surface area contributed by atoms with Crippen molar-refractivity contribution >= 4 is 35.1 Å². The van der Waals surface area contributed by atoms with Crippen LogP contribution in [0.25, 0.3) is 11.1 Å². The lowest BCUT2D eigenvalue weighted by Crippen LogP contribution is -2.13. The van der Waals surface area contributed by atoms with Gasteiger partial charge in [-0.3, -0.25) is 4.79 Å². The fraction of sp³-hybridized carbons (Fsp3) is 0.174. The molecule has 4 heteroatoms. The van der Waals surface area contributed by atoms with Crippen LogP contribution in [0.3, 0.4) is 0 Å². The van der Waals surface area contributed by atoms with Gasteiger partial charge in [0.05, 0.1) is 4.58 Å². The summed E-state index contributed by atoms with van der Waals surface area (Å²) in [5.74, 6) is 2.34. The van der Waals surface area contributed by atoms with E-state index >= 15 is 0 Å². The van der Waals surface area contributed by atoms with Crippen molar-refractivity contribution in [2.24, 2.45) is 0 Å². The van der Waals surface area contributed by atoms with Gasteiger partial charge in [0.15, 0.2) is 0 Å². The third-order valence-electron chi connectivity index (χ3n) is 4.50. The van der Waals surface area contributed by atoms with Crippen molar-refractivity contribution in [2.75, 3.05) is 16.8 Å². The number of carbonyl (C=O) groups is 1. The fourth-order valence-electron chi connectivity index (χ4n) is 3.19. The molecule has 1 heterocycles. The Bertz CT molecular complexity index is 920. The summed E-state index contributed by atoms with van der Waals surface area (Å²) in [6, 6.07) is 26.1. The molecule has 3 aromatic rings. The molecule has 136 valence electrons. The minimum Gasteiger partial charge on any atom is -0.322 e. The van der Waals surface area contributed by atoms with Crippen LogP contribution in [0.4, 0.5) is 5.69 Å². The quantitative estimate of drug-likeness (QED) is 0.552. The first-order valence-electron chi connectivity index (χ1n) is 9.10. The second-order valence-corrected chi connectivity index (χ2v) is 9.14. The highest BCUT2D eigenvalue weighted by Gasteiger charge is 2.18. The maximum Gasteiger partial charge on any atom is 0.256 e. The summed E-state index contributed by atoms with van der Waals surface area (Å²) in [5.41, 5.74) is 4.82. The zero-order valence-corrected chi connectivity index (χ0v) is 16.6. The number of thioether (sulfide) groups is 2. The van der Waals surface area contributed by atoms with Crippen LogP contribution in [0.5, 0.6) is 0 Å². The molecule has 0 spiro atoms. The molecule has 4 rings (SSSR count). The second kappa shape index (κ2) is 8.68. The van der Waals surface area contributed by atoms with Gasteiger partial charge < -0.3 is 5.32 Å². The Kier molecular flexibility index (Phi) is 5.85. The van der Waals surface area contributed by atoms with E-state index < -0.39 is 0 Å². The Morgan fingerprint density at radius 2 is 1.59 bits per heavy atom. The van der Waals surface area contributed by atoms with Crippen molar-refractivity contribution in [3.8, 4) is 11.1 Å². The second-order valence-electron chi connectivity index (χ2n) is 6.42. The summed E-state index contributed by atoms with van der Waals surface area (Å²) < 4.78 is 0.465. The summed E-state index contributed by atoms with van der Waals surface area (Å²) in [6.07, 6.45) is 1.28. The Morgan fingerprint density at radius 3 is 2.41 bits per heavy atom. The summed E-state index contributed by atoms with van der Waals surface area (Å²) in [5, 5.41) is 3.09. The molecule has 2 nitrogen and oxygen atoms in total. The van der Waals surface area contributed by atoms with Crippen molar-refractivity contribution in [2.45, 2.75) is 11.0 Å². The monoisotopic (exact) mass is 391 g/mol. The SMILES string of the molecule is O=C(Nc1cccc(C2SCCCS2)c1)c1ccccc1-c1ccccc1. The predicted octanol–water partition coefficient (Wildman–Crippen LogP) is 6.47. The Labute approximate surface area is 168 Å². The van der Waals surface area contributed by atoms with Gasteiger partial charge in [-0.15, -0.1) is 23.5 Å². The summed E-state index contributed by atoms with van der Waals surface area (Å²) in [6.45, 7) is 0. The number of hydrogen-bond donors (Lipinski definition) is 1. The summed E-state index contributed by atoms with van der Waals surface area (Å²) >= 11 is 3.98. The molecule has 0 radical (unpaired) electrons. The van der Waals surface area contributed by atoms with Gasteiger partial charge in [-0.2, -0.15) is 0 Å². The lowest BCUT2D eigenvalue weighted by Gasteiger charge is -2.21. The Hall–Kier alpha value is -2.17. The number of nitrogens with one attached hydrogen (secondary N) is 1. The maximum atomic E-state index is 13.0. The first-order valence-corrected chi connectivity index (χ1v) is 11.2. The Balaban J connectivity index is 1.57. The smallest absolute Gasteiger partial charge is 0.256 e. The molecular weight excluding hydrogens is 370 g/mol. The van der Waals surface area contributed by atoms with Crippen LogP contribution in [0.2, 0.25) is 0 Å². The molecule has 0 bridgehead atoms. The molecule has 0 aliphatic carbocycles. The Morgan fingerprint density at radius 1 is 0.852 bits per heavy atom. The van der Waals surface area contributed by atoms with Gasteiger partial charge in [0.2, 0.25) is 0 Å². The van der Waals surface area contributed by atoms with Crippen molar-refractivity contribution in [1.82, 2.24) is 0 Å². The van der Waals surface area contributed by atoms with E-state index in [0.717, 1.165) is 16.8 Å². The van der Waals surface area contributed by atoms with Crippen molar-refractivity contribution in [3.63, 3.8) is 0 Å². The van der Waals surface area contributed by atoms with E-state index in [1.165, 1.54) is 23.5 Å². The molecule has 0 saturated carbocycles. The molecule has 1 aliphatic rings. The molecule has 1 N–H and O–H groups in total. The first kappa shape index (κ1) is 18.2. The van der Waals surface area contributed by atoms with Gasteiger partial charge >= 0.3 is 0 Å². The van der Waals surface area contributed by atoms with E-state index in [4.69, 9.17) is 0 Å². The zero-order valence-electron chi connectivity index (χ0n) is 14.9. The van der Waals surface area contributed by atoms with E-state index in [1.54, 1.807) is 0 Å². The van der Waals surface area contributed by atoms with Gasteiger partial charge in [-0.25, -0.2) is 0 Å². The van der Waals surface area contributed by atoms with Gasteiger partial charge in [0.1, 0.15) is 0 Å². The number of rotatable bonds is 4. The number of benzene rings is 3. The first-order chi connectivity index (χ1) is 13.3. The van der Waals surface area contributed by atoms with E-state index in [-0.39, 0.29) is 5.91 Å². The number of anilines is 1. The summed E-state index contributed by atoms with van der Waals surface area (Å²) in [7, 11) is 0. The lowest BCUT2D eigenvalue weighted by molar-refractivity contribution is 0.102. The van der Waals surface area contributed by atoms with Crippen molar-refractivity contribution < 1.29 is 4.79 Å². The molecule has 3 aromatic carbocycles. The van der Waals surface area contributed by atoms with E-state index in [2.05, 4.69) is 17.4 Å². The summed E-state index contributed by atoms with van der Waals surface area (Å²) in [4.78, 5) is 13.0. The molecule has 27 heavy (non-hydrogen) atoms. The fourth-order valence-corrected chi connectivity index (χ4v) is 6.07. The maximum absolute atomic E-state index is 13.0. The number of carbonyl (C=O) groups excluding carboxylic acids is 1. The third-order valence-corrected chi connectivity index (χ3v) is 7.52. The van der Waals surface area contributed by atoms with Gasteiger partial charge in [-0.1, -0.05) is 60.7 Å². The highest BCUT2D eigenvalue weighted by atomic mass is 32.2. The van der Waals surface area contributed by atoms with Crippen LogP contribution in [0.1, 0.15) is 26.9 Å². The van der Waals surface area contributed by atoms with Crippen LogP contribution in [-0.4, -0.2) is 17.4 Å². The largest absolute Gasteiger partial charge is 0.322 e. The molecule has 1 aliphatic heterocycles. The molecule has 0 aromatic heterocycles.